The molecule has 1 aromatic carbocycles. The minimum atomic E-state index is -0.0393. The molecular formula is C22H31NO3S. The number of ether oxygens (including phenoxy) is 2. The molecule has 1 saturated heterocycles. The Morgan fingerprint density at radius 1 is 1.07 bits per heavy atom. The van der Waals surface area contributed by atoms with Gasteiger partial charge in [-0.25, -0.2) is 0 Å². The van der Waals surface area contributed by atoms with Crippen molar-refractivity contribution in [3.63, 3.8) is 0 Å². The van der Waals surface area contributed by atoms with E-state index in [4.69, 9.17) is 9.47 Å². The highest BCUT2D eigenvalue weighted by Crippen LogP contribution is 2.70. The van der Waals surface area contributed by atoms with Gasteiger partial charge in [0.1, 0.15) is 6.10 Å². The molecule has 5 heteroatoms. The Hall–Kier alpha value is -1.04. The van der Waals surface area contributed by atoms with Gasteiger partial charge in [-0.05, 0) is 37.1 Å². The zero-order chi connectivity index (χ0) is 19.0. The van der Waals surface area contributed by atoms with Gasteiger partial charge in [0.25, 0.3) is 0 Å². The van der Waals surface area contributed by atoms with E-state index >= 15 is 0 Å². The topological polar surface area (TPSA) is 38.8 Å². The Balaban J connectivity index is 1.49. The molecule has 2 heterocycles. The molecule has 2 unspecified atom stereocenters. The Labute approximate surface area is 167 Å². The summed E-state index contributed by atoms with van der Waals surface area (Å²) in [5.41, 5.74) is 2.93. The Bertz CT molecular complexity index is 677. The fraction of sp³-hybridized carbons (Fsp3) is 0.682. The van der Waals surface area contributed by atoms with Crippen LogP contribution in [0.15, 0.2) is 24.3 Å². The van der Waals surface area contributed by atoms with Gasteiger partial charge in [-0.15, -0.1) is 11.8 Å². The van der Waals surface area contributed by atoms with Crippen LogP contribution in [0.4, 0.5) is 0 Å². The van der Waals surface area contributed by atoms with Crippen LogP contribution in [-0.4, -0.2) is 49.8 Å². The molecule has 0 amide bonds. The minimum absolute atomic E-state index is 0.0291. The van der Waals surface area contributed by atoms with Crippen molar-refractivity contribution >= 4 is 17.7 Å². The van der Waals surface area contributed by atoms with Crippen LogP contribution in [0.3, 0.4) is 0 Å². The minimum Gasteiger partial charge on any atom is -0.462 e. The molecule has 2 aliphatic heterocycles. The third-order valence-electron chi connectivity index (χ3n) is 6.75. The third-order valence-corrected chi connectivity index (χ3v) is 8.48. The number of carbonyl (C=O) groups is 1. The van der Waals surface area contributed by atoms with E-state index in [2.05, 4.69) is 54.8 Å². The maximum absolute atomic E-state index is 12.6. The summed E-state index contributed by atoms with van der Waals surface area (Å²) in [5, 5.41) is 0.924. The van der Waals surface area contributed by atoms with Crippen molar-refractivity contribution in [1.82, 2.24) is 4.90 Å². The van der Waals surface area contributed by atoms with Crippen LogP contribution in [0.5, 0.6) is 0 Å². The molecule has 1 saturated carbocycles. The SMILES string of the molecule is CCN(CC)CCC(=O)O[C@H]1CC[C@@H](OC)C2C1[C@@H]1S[C@H]2c2ccccc21. The third kappa shape index (κ3) is 3.43. The number of fused-ring (bicyclic) bond motifs is 8. The first kappa shape index (κ1) is 19.3. The van der Waals surface area contributed by atoms with Crippen molar-refractivity contribution in [3.05, 3.63) is 35.4 Å². The first-order valence-electron chi connectivity index (χ1n) is 10.4. The molecule has 0 spiro atoms. The molecule has 2 fully saturated rings. The van der Waals surface area contributed by atoms with Gasteiger partial charge < -0.3 is 14.4 Å². The number of hydrogen-bond acceptors (Lipinski definition) is 5. The van der Waals surface area contributed by atoms with Gasteiger partial charge in [-0.2, -0.15) is 0 Å². The summed E-state index contributed by atoms with van der Waals surface area (Å²) in [4.78, 5) is 14.8. The molecule has 148 valence electrons. The number of carbonyl (C=O) groups excluding carboxylic acids is 1. The van der Waals surface area contributed by atoms with Gasteiger partial charge in [-0.1, -0.05) is 38.1 Å². The standard InChI is InChI=1S/C22H31NO3S/c1-4-23(5-2)13-12-18(24)26-17-11-10-16(25-3)19-20(17)22-15-9-7-6-8-14(15)21(19)27-22/h6-9,16-17,19-22H,4-5,10-13H2,1-3H3/t16-,17+,19?,20?,21+,22-/m1/s1. The molecule has 4 rings (SSSR count). The monoisotopic (exact) mass is 389 g/mol. The van der Waals surface area contributed by atoms with Crippen LogP contribution in [0.2, 0.25) is 0 Å². The van der Waals surface area contributed by atoms with E-state index < -0.39 is 0 Å². The summed E-state index contributed by atoms with van der Waals surface area (Å²) in [7, 11) is 1.83. The highest BCUT2D eigenvalue weighted by molar-refractivity contribution is 8.00. The van der Waals surface area contributed by atoms with Crippen molar-refractivity contribution in [1.29, 1.82) is 0 Å². The first-order valence-corrected chi connectivity index (χ1v) is 11.3. The summed E-state index contributed by atoms with van der Waals surface area (Å²) in [5.74, 6) is 0.794. The molecule has 4 nitrogen and oxygen atoms in total. The van der Waals surface area contributed by atoms with Crippen LogP contribution in [0.25, 0.3) is 0 Å². The van der Waals surface area contributed by atoms with Gasteiger partial charge in [0.05, 0.1) is 12.5 Å². The van der Waals surface area contributed by atoms with Crippen molar-refractivity contribution in [2.24, 2.45) is 11.8 Å². The second-order valence-electron chi connectivity index (χ2n) is 7.92. The largest absolute Gasteiger partial charge is 0.462 e. The van der Waals surface area contributed by atoms with Crippen molar-refractivity contribution < 1.29 is 14.3 Å². The van der Waals surface area contributed by atoms with Crippen LogP contribution in [0.1, 0.15) is 54.7 Å². The van der Waals surface area contributed by atoms with Gasteiger partial charge in [-0.3, -0.25) is 4.79 Å². The second-order valence-corrected chi connectivity index (χ2v) is 9.21. The second kappa shape index (κ2) is 8.14. The van der Waals surface area contributed by atoms with E-state index in [9.17, 15) is 4.79 Å². The molecule has 2 bridgehead atoms. The lowest BCUT2D eigenvalue weighted by atomic mass is 9.66. The number of rotatable bonds is 7. The number of hydrogen-bond donors (Lipinski definition) is 0. The van der Waals surface area contributed by atoms with E-state index in [1.807, 2.05) is 7.11 Å². The fourth-order valence-electron chi connectivity index (χ4n) is 5.36. The summed E-state index contributed by atoms with van der Waals surface area (Å²) in [6.45, 7) is 7.01. The Morgan fingerprint density at radius 3 is 2.26 bits per heavy atom. The summed E-state index contributed by atoms with van der Waals surface area (Å²) in [6.07, 6.45) is 2.69. The molecular weight excluding hydrogens is 358 g/mol. The van der Waals surface area contributed by atoms with Gasteiger partial charge in [0, 0.05) is 36.0 Å². The number of nitrogens with zero attached hydrogens (tertiary/aromatic N) is 1. The Morgan fingerprint density at radius 2 is 1.67 bits per heavy atom. The van der Waals surface area contributed by atoms with E-state index in [1.54, 1.807) is 0 Å². The van der Waals surface area contributed by atoms with E-state index in [-0.39, 0.29) is 18.2 Å². The number of thioether (sulfide) groups is 1. The molecule has 6 atom stereocenters. The quantitative estimate of drug-likeness (QED) is 0.653. The summed E-state index contributed by atoms with van der Waals surface area (Å²) in [6, 6.07) is 8.82. The number of esters is 1. The van der Waals surface area contributed by atoms with Gasteiger partial charge >= 0.3 is 5.97 Å². The molecule has 27 heavy (non-hydrogen) atoms. The molecule has 3 aliphatic rings. The molecule has 1 aliphatic carbocycles. The normalized spacial score (nSPS) is 33.8. The average molecular weight is 390 g/mol. The van der Waals surface area contributed by atoms with Crippen LogP contribution < -0.4 is 0 Å². The van der Waals surface area contributed by atoms with Crippen molar-refractivity contribution in [2.75, 3.05) is 26.7 Å². The zero-order valence-electron chi connectivity index (χ0n) is 16.6. The maximum Gasteiger partial charge on any atom is 0.307 e. The van der Waals surface area contributed by atoms with Crippen LogP contribution >= 0.6 is 11.8 Å². The first-order chi connectivity index (χ1) is 13.2. The van der Waals surface area contributed by atoms with Crippen molar-refractivity contribution in [3.8, 4) is 0 Å². The molecule has 1 aromatic rings. The predicted molar refractivity (Wildman–Crippen MR) is 109 cm³/mol. The lowest BCUT2D eigenvalue weighted by Crippen LogP contribution is -2.46. The molecule has 0 aromatic heterocycles. The van der Waals surface area contributed by atoms with Crippen LogP contribution in [0, 0.1) is 11.8 Å². The highest BCUT2D eigenvalue weighted by Gasteiger charge is 2.59. The lowest BCUT2D eigenvalue weighted by molar-refractivity contribution is -0.160. The maximum atomic E-state index is 12.6. The Kier molecular flexibility index (Phi) is 5.81. The average Bonchev–Trinajstić information content (AvgIpc) is 3.27. The molecule has 0 radical (unpaired) electrons. The summed E-state index contributed by atoms with van der Waals surface area (Å²) < 4.78 is 11.9. The van der Waals surface area contributed by atoms with E-state index in [0.717, 1.165) is 32.5 Å². The smallest absolute Gasteiger partial charge is 0.307 e. The zero-order valence-corrected chi connectivity index (χ0v) is 17.4. The fourth-order valence-corrected chi connectivity index (χ4v) is 7.48. The molecule has 0 N–H and O–H groups in total. The van der Waals surface area contributed by atoms with Crippen LogP contribution in [-0.2, 0) is 14.3 Å². The highest BCUT2D eigenvalue weighted by atomic mass is 32.2. The summed E-state index contributed by atoms with van der Waals surface area (Å²) >= 11 is 2.06. The predicted octanol–water partition coefficient (Wildman–Crippen LogP) is 4.21. The van der Waals surface area contributed by atoms with Gasteiger partial charge in [0.2, 0.25) is 0 Å². The lowest BCUT2D eigenvalue weighted by Gasteiger charge is -2.44. The number of benzene rings is 1. The van der Waals surface area contributed by atoms with E-state index in [1.165, 1.54) is 11.1 Å². The number of methoxy groups -OCH3 is 1. The van der Waals surface area contributed by atoms with Gasteiger partial charge in [0.15, 0.2) is 0 Å². The van der Waals surface area contributed by atoms with E-state index in [0.29, 0.717) is 28.8 Å². The van der Waals surface area contributed by atoms with Crippen molar-refractivity contribution in [2.45, 2.75) is 55.8 Å².